The van der Waals surface area contributed by atoms with Gasteiger partial charge in [0.2, 0.25) is 0 Å². The second kappa shape index (κ2) is 8.19. The van der Waals surface area contributed by atoms with E-state index >= 15 is 0 Å². The van der Waals surface area contributed by atoms with E-state index in [2.05, 4.69) is 34.6 Å². The number of benzene rings is 1. The Morgan fingerprint density at radius 3 is 2.50 bits per heavy atom. The summed E-state index contributed by atoms with van der Waals surface area (Å²) in [5.74, 6) is 1.45. The summed E-state index contributed by atoms with van der Waals surface area (Å²) in [6.45, 7) is 5.88. The molecule has 2 aromatic heterocycles. The van der Waals surface area contributed by atoms with E-state index in [9.17, 15) is 4.79 Å². The molecule has 3 aromatic rings. The molecule has 0 bridgehead atoms. The summed E-state index contributed by atoms with van der Waals surface area (Å²) in [4.78, 5) is 11.9. The highest BCUT2D eigenvalue weighted by molar-refractivity contribution is 7.98. The maximum Gasteiger partial charge on any atom is 0.287 e. The van der Waals surface area contributed by atoms with E-state index in [0.29, 0.717) is 11.5 Å². The molecule has 1 aromatic carbocycles. The lowest BCUT2D eigenvalue weighted by atomic mass is 10.1. The summed E-state index contributed by atoms with van der Waals surface area (Å²) in [5, 5.41) is 12.2. The van der Waals surface area contributed by atoms with Gasteiger partial charge in [0.05, 0.1) is 11.4 Å². The fourth-order valence-electron chi connectivity index (χ4n) is 2.33. The van der Waals surface area contributed by atoms with E-state index in [1.54, 1.807) is 6.07 Å². The maximum atomic E-state index is 11.9. The molecular weight excluding hydrogens is 346 g/mol. The van der Waals surface area contributed by atoms with Crippen molar-refractivity contribution < 1.29 is 9.21 Å². The van der Waals surface area contributed by atoms with Gasteiger partial charge in [-0.2, -0.15) is 0 Å². The molecule has 0 radical (unpaired) electrons. The van der Waals surface area contributed by atoms with Gasteiger partial charge in [-0.25, -0.2) is 0 Å². The molecule has 3 rings (SSSR count). The van der Waals surface area contributed by atoms with E-state index in [1.807, 2.05) is 44.2 Å². The van der Waals surface area contributed by atoms with E-state index < -0.39 is 0 Å². The predicted molar refractivity (Wildman–Crippen MR) is 103 cm³/mol. The average Bonchev–Trinajstić information content (AvgIpc) is 3.10. The third kappa shape index (κ3) is 4.73. The van der Waals surface area contributed by atoms with Crippen molar-refractivity contribution in [1.82, 2.24) is 15.5 Å². The Hall–Kier alpha value is -2.60. The van der Waals surface area contributed by atoms with Gasteiger partial charge in [-0.15, -0.1) is 10.2 Å². The van der Waals surface area contributed by atoms with Crippen molar-refractivity contribution >= 4 is 17.7 Å². The average molecular weight is 367 g/mol. The number of carbonyl (C=O) groups excluding carboxylic acids is 1. The number of aromatic nitrogens is 2. The number of carbonyl (C=O) groups is 1. The summed E-state index contributed by atoms with van der Waals surface area (Å²) in [7, 11) is 0. The number of amides is 1. The summed E-state index contributed by atoms with van der Waals surface area (Å²) in [6.07, 6.45) is 0. The Kier molecular flexibility index (Phi) is 5.73. The molecule has 134 valence electrons. The molecule has 0 aliphatic carbocycles. The van der Waals surface area contributed by atoms with Gasteiger partial charge in [0.1, 0.15) is 10.8 Å². The minimum Gasteiger partial charge on any atom is -0.455 e. The van der Waals surface area contributed by atoms with E-state index in [0.717, 1.165) is 22.0 Å². The molecule has 2 heterocycles. The van der Waals surface area contributed by atoms with Crippen LogP contribution in [0, 0.1) is 6.92 Å². The van der Waals surface area contributed by atoms with Crippen LogP contribution in [0.2, 0.25) is 0 Å². The molecule has 1 N–H and O–H groups in total. The second-order valence-corrected chi connectivity index (χ2v) is 7.30. The van der Waals surface area contributed by atoms with Crippen LogP contribution in [0.5, 0.6) is 0 Å². The number of nitrogens with one attached hydrogen (secondary N) is 1. The van der Waals surface area contributed by atoms with E-state index in [1.165, 1.54) is 17.3 Å². The largest absolute Gasteiger partial charge is 0.455 e. The lowest BCUT2D eigenvalue weighted by Crippen LogP contribution is -2.29. The fraction of sp³-hybridized carbons (Fsp3) is 0.250. The second-order valence-electron chi connectivity index (χ2n) is 6.31. The monoisotopic (exact) mass is 367 g/mol. The zero-order valence-electron chi connectivity index (χ0n) is 15.0. The Bertz CT molecular complexity index is 871. The normalized spacial score (nSPS) is 10.9. The topological polar surface area (TPSA) is 68.0 Å². The molecule has 1 amide bonds. The van der Waals surface area contributed by atoms with Gasteiger partial charge in [-0.05, 0) is 45.0 Å². The zero-order chi connectivity index (χ0) is 18.5. The maximum absolute atomic E-state index is 11.9. The van der Waals surface area contributed by atoms with Crippen LogP contribution in [-0.2, 0) is 5.75 Å². The van der Waals surface area contributed by atoms with Crippen molar-refractivity contribution in [1.29, 1.82) is 0 Å². The van der Waals surface area contributed by atoms with Gasteiger partial charge in [0.15, 0.2) is 5.76 Å². The summed E-state index contributed by atoms with van der Waals surface area (Å²) >= 11 is 1.52. The summed E-state index contributed by atoms with van der Waals surface area (Å²) in [6, 6.07) is 15.7. The van der Waals surface area contributed by atoms with Gasteiger partial charge >= 0.3 is 0 Å². The van der Waals surface area contributed by atoms with Gasteiger partial charge in [-0.1, -0.05) is 41.6 Å². The quantitative estimate of drug-likeness (QED) is 0.651. The lowest BCUT2D eigenvalue weighted by molar-refractivity contribution is 0.0914. The van der Waals surface area contributed by atoms with Gasteiger partial charge < -0.3 is 9.73 Å². The molecule has 0 aliphatic rings. The molecular formula is C20H21N3O2S. The van der Waals surface area contributed by atoms with Crippen molar-refractivity contribution in [3.05, 3.63) is 65.6 Å². The van der Waals surface area contributed by atoms with Crippen molar-refractivity contribution in [2.24, 2.45) is 0 Å². The minimum atomic E-state index is -0.196. The number of nitrogens with zero attached hydrogens (tertiary/aromatic N) is 2. The van der Waals surface area contributed by atoms with Crippen LogP contribution in [0.1, 0.15) is 35.7 Å². The van der Waals surface area contributed by atoms with Crippen molar-refractivity contribution in [2.75, 3.05) is 0 Å². The highest BCUT2D eigenvalue weighted by Crippen LogP contribution is 2.24. The molecule has 6 heteroatoms. The highest BCUT2D eigenvalue weighted by atomic mass is 32.2. The third-order valence-corrected chi connectivity index (χ3v) is 4.60. The minimum absolute atomic E-state index is 0.0766. The fourth-order valence-corrected chi connectivity index (χ4v) is 3.04. The molecule has 0 saturated heterocycles. The summed E-state index contributed by atoms with van der Waals surface area (Å²) < 4.78 is 5.59. The predicted octanol–water partition coefficient (Wildman–Crippen LogP) is 4.48. The Balaban J connectivity index is 1.59. The lowest BCUT2D eigenvalue weighted by Gasteiger charge is -2.05. The highest BCUT2D eigenvalue weighted by Gasteiger charge is 2.12. The number of rotatable bonds is 6. The SMILES string of the molecule is Cc1ccc(-c2ccc(SCc3ccc(C(=O)NC(C)C)o3)nn2)cc1. The Labute approximate surface area is 157 Å². The number of thioether (sulfide) groups is 1. The molecule has 26 heavy (non-hydrogen) atoms. The molecule has 5 nitrogen and oxygen atoms in total. The van der Waals surface area contributed by atoms with Gasteiger partial charge in [0, 0.05) is 11.6 Å². The van der Waals surface area contributed by atoms with Crippen LogP contribution in [0.25, 0.3) is 11.3 Å². The van der Waals surface area contributed by atoms with Crippen LogP contribution in [0.4, 0.5) is 0 Å². The smallest absolute Gasteiger partial charge is 0.287 e. The molecule has 0 saturated carbocycles. The molecule has 0 spiro atoms. The van der Waals surface area contributed by atoms with Crippen LogP contribution >= 0.6 is 11.8 Å². The standard InChI is InChI=1S/C20H21N3O2S/c1-13(2)21-20(24)18-10-8-16(25-18)12-26-19-11-9-17(22-23-19)15-6-4-14(3)5-7-15/h4-11,13H,12H2,1-3H3,(H,21,24). The molecule has 0 aliphatic heterocycles. The van der Waals surface area contributed by atoms with Gasteiger partial charge in [0.25, 0.3) is 5.91 Å². The number of furan rings is 1. The first-order valence-electron chi connectivity index (χ1n) is 8.44. The third-order valence-electron chi connectivity index (χ3n) is 3.65. The van der Waals surface area contributed by atoms with Crippen molar-refractivity contribution in [3.63, 3.8) is 0 Å². The number of hydrogen-bond acceptors (Lipinski definition) is 5. The first kappa shape index (κ1) is 18.2. The number of aryl methyl sites for hydroxylation is 1. The van der Waals surface area contributed by atoms with Crippen LogP contribution in [-0.4, -0.2) is 22.1 Å². The van der Waals surface area contributed by atoms with Crippen LogP contribution in [0.15, 0.2) is 58.0 Å². The molecule has 0 atom stereocenters. The number of hydrogen-bond donors (Lipinski definition) is 1. The molecule has 0 unspecified atom stereocenters. The first-order chi connectivity index (χ1) is 12.5. The van der Waals surface area contributed by atoms with E-state index in [-0.39, 0.29) is 11.9 Å². The van der Waals surface area contributed by atoms with Crippen LogP contribution in [0.3, 0.4) is 0 Å². The Morgan fingerprint density at radius 2 is 1.85 bits per heavy atom. The van der Waals surface area contributed by atoms with Crippen molar-refractivity contribution in [2.45, 2.75) is 37.6 Å². The van der Waals surface area contributed by atoms with Crippen molar-refractivity contribution in [3.8, 4) is 11.3 Å². The van der Waals surface area contributed by atoms with E-state index in [4.69, 9.17) is 4.42 Å². The van der Waals surface area contributed by atoms with Crippen LogP contribution < -0.4 is 5.32 Å². The molecule has 0 fully saturated rings. The zero-order valence-corrected chi connectivity index (χ0v) is 15.8. The van der Waals surface area contributed by atoms with Gasteiger partial charge in [-0.3, -0.25) is 4.79 Å². The summed E-state index contributed by atoms with van der Waals surface area (Å²) in [5.41, 5.74) is 3.11. The first-order valence-corrected chi connectivity index (χ1v) is 9.43. The Morgan fingerprint density at radius 1 is 1.08 bits per heavy atom.